The maximum atomic E-state index is 10.7. The van der Waals surface area contributed by atoms with E-state index in [4.69, 9.17) is 5.11 Å². The lowest BCUT2D eigenvalue weighted by atomic mass is 10.0. The number of aliphatic hydroxyl groups is 1. The molecular formula is C14H16N4O3. The molecule has 3 rings (SSSR count). The van der Waals surface area contributed by atoms with Gasteiger partial charge in [-0.15, -0.1) is 0 Å². The second-order valence-corrected chi connectivity index (χ2v) is 4.95. The van der Waals surface area contributed by atoms with Gasteiger partial charge >= 0.3 is 0 Å². The van der Waals surface area contributed by atoms with E-state index in [1.807, 2.05) is 4.68 Å². The summed E-state index contributed by atoms with van der Waals surface area (Å²) in [5.74, 6) is 0. The molecule has 0 atom stereocenters. The summed E-state index contributed by atoms with van der Waals surface area (Å²) >= 11 is 0. The van der Waals surface area contributed by atoms with E-state index in [9.17, 15) is 10.1 Å². The zero-order chi connectivity index (χ0) is 14.8. The number of nitrogens with zero attached hydrogens (tertiary/aromatic N) is 3. The molecule has 0 saturated heterocycles. The number of non-ortho nitro benzene ring substituents is 1. The van der Waals surface area contributed by atoms with Gasteiger partial charge in [0.05, 0.1) is 23.8 Å². The predicted octanol–water partition coefficient (Wildman–Crippen LogP) is 1.10. The van der Waals surface area contributed by atoms with Crippen molar-refractivity contribution >= 4 is 5.69 Å². The van der Waals surface area contributed by atoms with Crippen LogP contribution in [0.15, 0.2) is 24.3 Å². The molecule has 0 aliphatic carbocycles. The summed E-state index contributed by atoms with van der Waals surface area (Å²) in [5.41, 5.74) is 4.01. The van der Waals surface area contributed by atoms with E-state index in [1.165, 1.54) is 12.1 Å². The minimum Gasteiger partial charge on any atom is -0.394 e. The predicted molar refractivity (Wildman–Crippen MR) is 76.8 cm³/mol. The number of aromatic nitrogens is 2. The lowest BCUT2D eigenvalue weighted by Gasteiger charge is -2.15. The molecule has 0 unspecified atom stereocenters. The molecule has 2 aromatic rings. The van der Waals surface area contributed by atoms with Crippen LogP contribution in [-0.2, 0) is 19.5 Å². The number of fused-ring (bicyclic) bond motifs is 1. The third-order valence-electron chi connectivity index (χ3n) is 3.67. The van der Waals surface area contributed by atoms with Crippen LogP contribution in [0, 0.1) is 10.1 Å². The highest BCUT2D eigenvalue weighted by molar-refractivity contribution is 5.65. The fourth-order valence-corrected chi connectivity index (χ4v) is 2.67. The third-order valence-corrected chi connectivity index (χ3v) is 3.67. The van der Waals surface area contributed by atoms with Gasteiger partial charge < -0.3 is 10.4 Å². The summed E-state index contributed by atoms with van der Waals surface area (Å²) in [5, 5.41) is 27.8. The van der Waals surface area contributed by atoms with Crippen LogP contribution < -0.4 is 5.32 Å². The van der Waals surface area contributed by atoms with Crippen molar-refractivity contribution in [2.45, 2.75) is 19.5 Å². The highest BCUT2D eigenvalue weighted by Crippen LogP contribution is 2.28. The SMILES string of the molecule is O=[N+]([O-])c1ccc(-c2nn(CCO)c3c2CNCC3)cc1. The number of hydrogen-bond acceptors (Lipinski definition) is 5. The Labute approximate surface area is 121 Å². The molecule has 0 bridgehead atoms. The van der Waals surface area contributed by atoms with Crippen molar-refractivity contribution in [3.63, 3.8) is 0 Å². The lowest BCUT2D eigenvalue weighted by Crippen LogP contribution is -2.25. The van der Waals surface area contributed by atoms with E-state index in [0.717, 1.165) is 42.0 Å². The molecule has 1 aliphatic rings. The number of aliphatic hydroxyl groups excluding tert-OH is 1. The molecule has 1 aromatic carbocycles. The Morgan fingerprint density at radius 1 is 1.38 bits per heavy atom. The zero-order valence-electron chi connectivity index (χ0n) is 11.5. The average molecular weight is 288 g/mol. The molecule has 110 valence electrons. The van der Waals surface area contributed by atoms with Crippen LogP contribution in [0.5, 0.6) is 0 Å². The molecule has 2 N–H and O–H groups in total. The summed E-state index contributed by atoms with van der Waals surface area (Å²) in [6.07, 6.45) is 0.870. The molecule has 0 saturated carbocycles. The number of nitro benzene ring substituents is 1. The molecule has 0 fully saturated rings. The largest absolute Gasteiger partial charge is 0.394 e. The molecule has 0 radical (unpaired) electrons. The van der Waals surface area contributed by atoms with Gasteiger partial charge in [-0.1, -0.05) is 0 Å². The van der Waals surface area contributed by atoms with E-state index in [1.54, 1.807) is 12.1 Å². The summed E-state index contributed by atoms with van der Waals surface area (Å²) in [4.78, 5) is 10.3. The quantitative estimate of drug-likeness (QED) is 0.649. The van der Waals surface area contributed by atoms with Gasteiger partial charge in [-0.3, -0.25) is 14.8 Å². The Hall–Kier alpha value is -2.25. The molecule has 7 heteroatoms. The molecule has 1 aliphatic heterocycles. The summed E-state index contributed by atoms with van der Waals surface area (Å²) in [7, 11) is 0. The van der Waals surface area contributed by atoms with Crippen LogP contribution >= 0.6 is 0 Å². The topological polar surface area (TPSA) is 93.2 Å². The first-order chi connectivity index (χ1) is 10.2. The van der Waals surface area contributed by atoms with Gasteiger partial charge in [0.2, 0.25) is 0 Å². The summed E-state index contributed by atoms with van der Waals surface area (Å²) in [6.45, 7) is 2.13. The van der Waals surface area contributed by atoms with E-state index in [0.29, 0.717) is 6.54 Å². The fraction of sp³-hybridized carbons (Fsp3) is 0.357. The molecule has 21 heavy (non-hydrogen) atoms. The van der Waals surface area contributed by atoms with Gasteiger partial charge in [-0.25, -0.2) is 0 Å². The molecule has 0 spiro atoms. The first-order valence-electron chi connectivity index (χ1n) is 6.85. The maximum absolute atomic E-state index is 10.7. The molecule has 7 nitrogen and oxygen atoms in total. The number of nitro groups is 1. The van der Waals surface area contributed by atoms with E-state index in [-0.39, 0.29) is 12.3 Å². The van der Waals surface area contributed by atoms with Gasteiger partial charge in [0.15, 0.2) is 0 Å². The summed E-state index contributed by atoms with van der Waals surface area (Å²) in [6, 6.07) is 6.42. The van der Waals surface area contributed by atoms with Crippen molar-refractivity contribution in [2.75, 3.05) is 13.2 Å². The molecule has 0 amide bonds. The number of rotatable bonds is 4. The van der Waals surface area contributed by atoms with Gasteiger partial charge in [-0.05, 0) is 12.1 Å². The Balaban J connectivity index is 2.03. The van der Waals surface area contributed by atoms with Gasteiger partial charge in [0, 0.05) is 48.5 Å². The van der Waals surface area contributed by atoms with Crippen molar-refractivity contribution in [1.82, 2.24) is 15.1 Å². The Kier molecular flexibility index (Phi) is 3.68. The van der Waals surface area contributed by atoms with Gasteiger partial charge in [0.1, 0.15) is 0 Å². The molecule has 1 aromatic heterocycles. The first kappa shape index (κ1) is 13.7. The highest BCUT2D eigenvalue weighted by atomic mass is 16.6. The minimum atomic E-state index is -0.412. The van der Waals surface area contributed by atoms with Gasteiger partial charge in [-0.2, -0.15) is 5.10 Å². The monoisotopic (exact) mass is 288 g/mol. The highest BCUT2D eigenvalue weighted by Gasteiger charge is 2.21. The number of nitrogens with one attached hydrogen (secondary N) is 1. The fourth-order valence-electron chi connectivity index (χ4n) is 2.67. The van der Waals surface area contributed by atoms with Crippen LogP contribution in [-0.4, -0.2) is 33.0 Å². The van der Waals surface area contributed by atoms with Crippen molar-refractivity contribution in [2.24, 2.45) is 0 Å². The van der Waals surface area contributed by atoms with Crippen molar-refractivity contribution in [3.8, 4) is 11.3 Å². The normalized spacial score (nSPS) is 14.0. The molecular weight excluding hydrogens is 272 g/mol. The Bertz CT molecular complexity index is 664. The van der Waals surface area contributed by atoms with Crippen LogP contribution in [0.2, 0.25) is 0 Å². The van der Waals surface area contributed by atoms with E-state index in [2.05, 4.69) is 10.4 Å². The van der Waals surface area contributed by atoms with Crippen LogP contribution in [0.4, 0.5) is 5.69 Å². The van der Waals surface area contributed by atoms with Crippen molar-refractivity contribution in [1.29, 1.82) is 0 Å². The molecule has 2 heterocycles. The third kappa shape index (κ3) is 2.53. The lowest BCUT2D eigenvalue weighted by molar-refractivity contribution is -0.384. The second-order valence-electron chi connectivity index (χ2n) is 4.95. The van der Waals surface area contributed by atoms with E-state index < -0.39 is 4.92 Å². The van der Waals surface area contributed by atoms with Crippen LogP contribution in [0.25, 0.3) is 11.3 Å². The first-order valence-corrected chi connectivity index (χ1v) is 6.85. The summed E-state index contributed by atoms with van der Waals surface area (Å²) < 4.78 is 1.84. The zero-order valence-corrected chi connectivity index (χ0v) is 11.5. The number of benzene rings is 1. The smallest absolute Gasteiger partial charge is 0.269 e. The van der Waals surface area contributed by atoms with Gasteiger partial charge in [0.25, 0.3) is 5.69 Å². The standard InChI is InChI=1S/C14H16N4O3/c19-8-7-17-13-5-6-15-9-12(13)14(16-17)10-1-3-11(4-2-10)18(20)21/h1-4,15,19H,5-9H2. The Morgan fingerprint density at radius 2 is 2.14 bits per heavy atom. The van der Waals surface area contributed by atoms with Crippen molar-refractivity contribution in [3.05, 3.63) is 45.6 Å². The average Bonchev–Trinajstić information content (AvgIpc) is 2.87. The van der Waals surface area contributed by atoms with Crippen LogP contribution in [0.1, 0.15) is 11.3 Å². The van der Waals surface area contributed by atoms with E-state index >= 15 is 0 Å². The van der Waals surface area contributed by atoms with Crippen LogP contribution in [0.3, 0.4) is 0 Å². The maximum Gasteiger partial charge on any atom is 0.269 e. The minimum absolute atomic E-state index is 0.0429. The number of hydrogen-bond donors (Lipinski definition) is 2. The second kappa shape index (κ2) is 5.63. The Morgan fingerprint density at radius 3 is 2.81 bits per heavy atom. The van der Waals surface area contributed by atoms with Crippen molar-refractivity contribution < 1.29 is 10.0 Å².